The van der Waals surface area contributed by atoms with Gasteiger partial charge in [-0.3, -0.25) is 14.3 Å². The molecule has 0 saturated heterocycles. The van der Waals surface area contributed by atoms with Crippen molar-refractivity contribution in [3.63, 3.8) is 0 Å². The van der Waals surface area contributed by atoms with Gasteiger partial charge in [0.15, 0.2) is 0 Å². The Hall–Kier alpha value is -3.55. The molecule has 8 heteroatoms. The zero-order valence-corrected chi connectivity index (χ0v) is 15.1. The SMILES string of the molecule is O=C(CCCn1cncn1)Nc1ccc(F)c(NC(=O)Cc2ccccc2)c1. The van der Waals surface area contributed by atoms with Crippen molar-refractivity contribution in [3.05, 3.63) is 72.6 Å². The van der Waals surface area contributed by atoms with E-state index >= 15 is 0 Å². The second kappa shape index (κ2) is 9.40. The molecule has 1 heterocycles. The van der Waals surface area contributed by atoms with E-state index in [1.165, 1.54) is 24.5 Å². The number of benzene rings is 2. The van der Waals surface area contributed by atoms with Crippen LogP contribution in [0.1, 0.15) is 18.4 Å². The topological polar surface area (TPSA) is 88.9 Å². The number of nitrogens with zero attached hydrogens (tertiary/aromatic N) is 3. The molecule has 2 N–H and O–H groups in total. The van der Waals surface area contributed by atoms with Crippen molar-refractivity contribution < 1.29 is 14.0 Å². The predicted molar refractivity (Wildman–Crippen MR) is 103 cm³/mol. The highest BCUT2D eigenvalue weighted by Crippen LogP contribution is 2.20. The molecule has 0 fully saturated rings. The fourth-order valence-electron chi connectivity index (χ4n) is 2.65. The lowest BCUT2D eigenvalue weighted by molar-refractivity contribution is -0.116. The van der Waals surface area contributed by atoms with Crippen molar-refractivity contribution in [2.45, 2.75) is 25.8 Å². The van der Waals surface area contributed by atoms with E-state index in [9.17, 15) is 14.0 Å². The number of rotatable bonds is 8. The van der Waals surface area contributed by atoms with Crippen molar-refractivity contribution >= 4 is 23.2 Å². The fourth-order valence-corrected chi connectivity index (χ4v) is 2.65. The maximum absolute atomic E-state index is 14.0. The summed E-state index contributed by atoms with van der Waals surface area (Å²) in [6.07, 6.45) is 4.04. The minimum atomic E-state index is -0.564. The maximum atomic E-state index is 14.0. The summed E-state index contributed by atoms with van der Waals surface area (Å²) in [4.78, 5) is 28.0. The molecular formula is C20H20FN5O2. The first-order chi connectivity index (χ1) is 13.6. The van der Waals surface area contributed by atoms with E-state index in [4.69, 9.17) is 0 Å². The Kier molecular flexibility index (Phi) is 6.46. The second-order valence-electron chi connectivity index (χ2n) is 6.22. The molecule has 2 amide bonds. The fraction of sp³-hybridized carbons (Fsp3) is 0.200. The molecule has 28 heavy (non-hydrogen) atoms. The van der Waals surface area contributed by atoms with Gasteiger partial charge in [0, 0.05) is 18.7 Å². The molecule has 0 unspecified atom stereocenters. The van der Waals surface area contributed by atoms with Gasteiger partial charge in [0.25, 0.3) is 0 Å². The summed E-state index contributed by atoms with van der Waals surface area (Å²) in [6, 6.07) is 13.3. The maximum Gasteiger partial charge on any atom is 0.228 e. The zero-order chi connectivity index (χ0) is 19.8. The van der Waals surface area contributed by atoms with Crippen molar-refractivity contribution in [3.8, 4) is 0 Å². The molecule has 7 nitrogen and oxygen atoms in total. The number of carbonyl (C=O) groups excluding carboxylic acids is 2. The molecule has 0 saturated carbocycles. The van der Waals surface area contributed by atoms with Gasteiger partial charge >= 0.3 is 0 Å². The summed E-state index contributed by atoms with van der Waals surface area (Å²) in [5.74, 6) is -1.10. The molecule has 0 atom stereocenters. The number of anilines is 2. The number of amides is 2. The van der Waals surface area contributed by atoms with E-state index in [2.05, 4.69) is 20.7 Å². The van der Waals surface area contributed by atoms with Gasteiger partial charge < -0.3 is 10.6 Å². The number of hydrogen-bond acceptors (Lipinski definition) is 4. The lowest BCUT2D eigenvalue weighted by atomic mass is 10.1. The van der Waals surface area contributed by atoms with E-state index in [1.54, 1.807) is 11.0 Å². The lowest BCUT2D eigenvalue weighted by Crippen LogP contribution is -2.16. The third-order valence-electron chi connectivity index (χ3n) is 3.99. The van der Waals surface area contributed by atoms with Gasteiger partial charge in [-0.15, -0.1) is 0 Å². The molecule has 1 aromatic heterocycles. The molecule has 3 rings (SSSR count). The Morgan fingerprint density at radius 1 is 1.04 bits per heavy atom. The van der Waals surface area contributed by atoms with Crippen molar-refractivity contribution in [1.29, 1.82) is 0 Å². The summed E-state index contributed by atoms with van der Waals surface area (Å²) in [5, 5.41) is 9.23. The second-order valence-corrected chi connectivity index (χ2v) is 6.22. The Morgan fingerprint density at radius 3 is 2.61 bits per heavy atom. The number of aryl methyl sites for hydroxylation is 1. The molecular weight excluding hydrogens is 361 g/mol. The van der Waals surface area contributed by atoms with Crippen LogP contribution < -0.4 is 10.6 Å². The van der Waals surface area contributed by atoms with Gasteiger partial charge in [-0.05, 0) is 30.2 Å². The standard InChI is InChI=1S/C20H20FN5O2/c21-17-9-8-16(24-19(27)7-4-10-26-14-22-13-23-26)12-18(17)25-20(28)11-15-5-2-1-3-6-15/h1-3,5-6,8-9,12-14H,4,7,10-11H2,(H,24,27)(H,25,28). The van der Waals surface area contributed by atoms with Crippen LogP contribution in [0, 0.1) is 5.82 Å². The summed E-state index contributed by atoms with van der Waals surface area (Å²) >= 11 is 0. The molecule has 3 aromatic rings. The van der Waals surface area contributed by atoms with Crippen LogP contribution in [0.2, 0.25) is 0 Å². The molecule has 2 aromatic carbocycles. The monoisotopic (exact) mass is 381 g/mol. The quantitative estimate of drug-likeness (QED) is 0.628. The highest BCUT2D eigenvalue weighted by atomic mass is 19.1. The van der Waals surface area contributed by atoms with Crippen LogP contribution in [0.5, 0.6) is 0 Å². The predicted octanol–water partition coefficient (Wildman–Crippen LogP) is 3.02. The van der Waals surface area contributed by atoms with Gasteiger partial charge in [0.2, 0.25) is 11.8 Å². The largest absolute Gasteiger partial charge is 0.326 e. The summed E-state index contributed by atoms with van der Waals surface area (Å²) in [6.45, 7) is 0.581. The molecule has 0 radical (unpaired) electrons. The lowest BCUT2D eigenvalue weighted by Gasteiger charge is -2.10. The van der Waals surface area contributed by atoms with Crippen LogP contribution in [-0.4, -0.2) is 26.6 Å². The molecule has 144 valence electrons. The summed E-state index contributed by atoms with van der Waals surface area (Å²) in [7, 11) is 0. The van der Waals surface area contributed by atoms with Gasteiger partial charge in [-0.1, -0.05) is 30.3 Å². The van der Waals surface area contributed by atoms with E-state index in [1.807, 2.05) is 30.3 Å². The average Bonchev–Trinajstić information content (AvgIpc) is 3.19. The van der Waals surface area contributed by atoms with Crippen molar-refractivity contribution in [1.82, 2.24) is 14.8 Å². The molecule has 0 aliphatic heterocycles. The van der Waals surface area contributed by atoms with E-state index < -0.39 is 5.82 Å². The Labute approximate surface area is 161 Å². The van der Waals surface area contributed by atoms with Crippen LogP contribution in [0.15, 0.2) is 61.2 Å². The molecule has 0 aliphatic rings. The van der Waals surface area contributed by atoms with Crippen LogP contribution in [0.3, 0.4) is 0 Å². The van der Waals surface area contributed by atoms with Crippen LogP contribution in [0.4, 0.5) is 15.8 Å². The van der Waals surface area contributed by atoms with Crippen LogP contribution in [0.25, 0.3) is 0 Å². The third-order valence-corrected chi connectivity index (χ3v) is 3.99. The number of halogens is 1. The number of hydrogen-bond donors (Lipinski definition) is 2. The average molecular weight is 381 g/mol. The zero-order valence-electron chi connectivity index (χ0n) is 15.1. The minimum absolute atomic E-state index is 0.0290. The van der Waals surface area contributed by atoms with E-state index in [-0.39, 0.29) is 30.3 Å². The van der Waals surface area contributed by atoms with Gasteiger partial charge in [0.05, 0.1) is 12.1 Å². The van der Waals surface area contributed by atoms with Gasteiger partial charge in [0.1, 0.15) is 18.5 Å². The Balaban J connectivity index is 1.53. The summed E-state index contributed by atoms with van der Waals surface area (Å²) in [5.41, 5.74) is 1.28. The van der Waals surface area contributed by atoms with Crippen molar-refractivity contribution in [2.24, 2.45) is 0 Å². The molecule has 0 aliphatic carbocycles. The highest BCUT2D eigenvalue weighted by Gasteiger charge is 2.10. The first kappa shape index (κ1) is 19.2. The van der Waals surface area contributed by atoms with E-state index in [0.717, 1.165) is 5.56 Å². The first-order valence-corrected chi connectivity index (χ1v) is 8.86. The Bertz CT molecular complexity index is 929. The van der Waals surface area contributed by atoms with Crippen LogP contribution in [-0.2, 0) is 22.6 Å². The van der Waals surface area contributed by atoms with Crippen LogP contribution >= 0.6 is 0 Å². The Morgan fingerprint density at radius 2 is 1.86 bits per heavy atom. The number of nitrogens with one attached hydrogen (secondary N) is 2. The normalized spacial score (nSPS) is 10.5. The highest BCUT2D eigenvalue weighted by molar-refractivity contribution is 5.95. The molecule has 0 spiro atoms. The van der Waals surface area contributed by atoms with Crippen molar-refractivity contribution in [2.75, 3.05) is 10.6 Å². The minimum Gasteiger partial charge on any atom is -0.326 e. The van der Waals surface area contributed by atoms with E-state index in [0.29, 0.717) is 18.7 Å². The first-order valence-electron chi connectivity index (χ1n) is 8.86. The van der Waals surface area contributed by atoms with Gasteiger partial charge in [-0.25, -0.2) is 9.37 Å². The third kappa shape index (κ3) is 5.73. The number of carbonyl (C=O) groups is 2. The molecule has 0 bridgehead atoms. The number of aromatic nitrogens is 3. The van der Waals surface area contributed by atoms with Gasteiger partial charge in [-0.2, -0.15) is 5.10 Å². The summed E-state index contributed by atoms with van der Waals surface area (Å²) < 4.78 is 15.7. The smallest absolute Gasteiger partial charge is 0.228 e.